The molecule has 0 aromatic heterocycles. The molecule has 8 heteroatoms. The zero-order valence-corrected chi connectivity index (χ0v) is 17.3. The number of unbranched alkanes of at least 4 members (excludes halogenated alkanes) is 1. The summed E-state index contributed by atoms with van der Waals surface area (Å²) in [6, 6.07) is -1.85. The highest BCUT2D eigenvalue weighted by Gasteiger charge is 2.28. The van der Waals surface area contributed by atoms with Crippen LogP contribution in [0, 0.1) is 11.8 Å². The summed E-state index contributed by atoms with van der Waals surface area (Å²) in [5.74, 6) is -0.481. The molecule has 0 heterocycles. The summed E-state index contributed by atoms with van der Waals surface area (Å²) in [5, 5.41) is 15.7. The summed E-state index contributed by atoms with van der Waals surface area (Å²) in [5.41, 5.74) is 11.4. The first kappa shape index (κ1) is 25.1. The topological polar surface area (TPSA) is 130 Å². The molecule has 7 nitrogen and oxygen atoms in total. The van der Waals surface area contributed by atoms with Gasteiger partial charge in [0.05, 0.1) is 24.1 Å². The van der Waals surface area contributed by atoms with Gasteiger partial charge in [-0.3, -0.25) is 9.59 Å². The van der Waals surface area contributed by atoms with Crippen LogP contribution in [0.2, 0.25) is 0 Å². The first-order valence-electron chi connectivity index (χ1n) is 9.44. The molecule has 0 aromatic rings. The third-order valence-corrected chi connectivity index (χ3v) is 4.60. The minimum Gasteiger partial charge on any atom is -0.390 e. The Morgan fingerprint density at radius 1 is 1.08 bits per heavy atom. The van der Waals surface area contributed by atoms with Crippen molar-refractivity contribution in [1.82, 2.24) is 10.6 Å². The quantitative estimate of drug-likeness (QED) is 0.233. The maximum atomic E-state index is 12.7. The van der Waals surface area contributed by atoms with Crippen molar-refractivity contribution in [2.24, 2.45) is 23.3 Å². The van der Waals surface area contributed by atoms with Crippen molar-refractivity contribution in [1.29, 1.82) is 0 Å². The fraction of sp³-hybridized carbons (Fsp3) is 0.889. The van der Waals surface area contributed by atoms with Crippen LogP contribution in [0.4, 0.5) is 0 Å². The molecule has 0 spiro atoms. The Bertz CT molecular complexity index is 421. The van der Waals surface area contributed by atoms with E-state index in [4.69, 9.17) is 23.1 Å². The Morgan fingerprint density at radius 3 is 2.15 bits per heavy atom. The summed E-state index contributed by atoms with van der Waals surface area (Å²) in [6.07, 6.45) is 1.78. The number of carbonyl (C=O) groups is 2. The molecule has 0 saturated carbocycles. The fourth-order valence-corrected chi connectivity index (χ4v) is 2.75. The monoisotopic (exact) mass is 392 g/mol. The van der Waals surface area contributed by atoms with E-state index in [1.807, 2.05) is 27.7 Å². The lowest BCUT2D eigenvalue weighted by Crippen LogP contribution is -2.56. The van der Waals surface area contributed by atoms with Gasteiger partial charge in [0.25, 0.3) is 0 Å². The van der Waals surface area contributed by atoms with Gasteiger partial charge in [-0.25, -0.2) is 0 Å². The SMILES string of the molecule is CC(C)C[C@H](NC(=O)[C@H](N)C(C)C)C(=O)N[C@@H](CCCCN)[C@H](O)CCl. The van der Waals surface area contributed by atoms with Crippen LogP contribution in [0.3, 0.4) is 0 Å². The molecule has 26 heavy (non-hydrogen) atoms. The van der Waals surface area contributed by atoms with Crippen molar-refractivity contribution in [3.63, 3.8) is 0 Å². The lowest BCUT2D eigenvalue weighted by atomic mass is 9.99. The van der Waals surface area contributed by atoms with Gasteiger partial charge in [0.15, 0.2) is 0 Å². The maximum Gasteiger partial charge on any atom is 0.242 e. The summed E-state index contributed by atoms with van der Waals surface area (Å²) in [4.78, 5) is 25.0. The van der Waals surface area contributed by atoms with Crippen molar-refractivity contribution in [2.75, 3.05) is 12.4 Å². The predicted molar refractivity (Wildman–Crippen MR) is 106 cm³/mol. The van der Waals surface area contributed by atoms with Gasteiger partial charge in [-0.2, -0.15) is 0 Å². The van der Waals surface area contributed by atoms with E-state index in [0.29, 0.717) is 19.4 Å². The maximum absolute atomic E-state index is 12.7. The van der Waals surface area contributed by atoms with E-state index < -0.39 is 24.2 Å². The van der Waals surface area contributed by atoms with Crippen molar-refractivity contribution < 1.29 is 14.7 Å². The lowest BCUT2D eigenvalue weighted by molar-refractivity contribution is -0.131. The number of nitrogens with one attached hydrogen (secondary N) is 2. The minimum atomic E-state index is -0.855. The van der Waals surface area contributed by atoms with Crippen LogP contribution in [0.25, 0.3) is 0 Å². The van der Waals surface area contributed by atoms with E-state index >= 15 is 0 Å². The molecule has 154 valence electrons. The summed E-state index contributed by atoms with van der Waals surface area (Å²) in [7, 11) is 0. The molecule has 0 aliphatic carbocycles. The smallest absolute Gasteiger partial charge is 0.242 e. The molecular formula is C18H37ClN4O3. The number of hydrogen-bond donors (Lipinski definition) is 5. The Kier molecular flexibility index (Phi) is 12.8. The second kappa shape index (κ2) is 13.3. The van der Waals surface area contributed by atoms with Crippen LogP contribution in [-0.4, -0.2) is 53.6 Å². The van der Waals surface area contributed by atoms with Crippen LogP contribution in [0.5, 0.6) is 0 Å². The van der Waals surface area contributed by atoms with E-state index in [1.165, 1.54) is 0 Å². The molecule has 0 aliphatic rings. The molecular weight excluding hydrogens is 356 g/mol. The third-order valence-electron chi connectivity index (χ3n) is 4.28. The van der Waals surface area contributed by atoms with Gasteiger partial charge in [0.1, 0.15) is 6.04 Å². The number of carbonyl (C=O) groups excluding carboxylic acids is 2. The second-order valence-electron chi connectivity index (χ2n) is 7.58. The highest BCUT2D eigenvalue weighted by atomic mass is 35.5. The molecule has 0 saturated heterocycles. The molecule has 0 aliphatic heterocycles. The molecule has 0 rings (SSSR count). The van der Waals surface area contributed by atoms with Gasteiger partial charge in [-0.15, -0.1) is 11.6 Å². The van der Waals surface area contributed by atoms with Gasteiger partial charge >= 0.3 is 0 Å². The second-order valence-corrected chi connectivity index (χ2v) is 7.89. The van der Waals surface area contributed by atoms with E-state index in [0.717, 1.165) is 12.8 Å². The van der Waals surface area contributed by atoms with E-state index in [1.54, 1.807) is 0 Å². The van der Waals surface area contributed by atoms with Gasteiger partial charge in [-0.05, 0) is 37.6 Å². The van der Waals surface area contributed by atoms with Gasteiger partial charge in [0.2, 0.25) is 11.8 Å². The largest absolute Gasteiger partial charge is 0.390 e. The standard InChI is InChI=1S/C18H37ClN4O3/c1-11(2)9-14(23-18(26)16(21)12(3)4)17(25)22-13(15(24)10-19)7-5-6-8-20/h11-16,24H,5-10,20-21H2,1-4H3,(H,22,25)(H,23,26)/t13-,14-,15+,16+/m0/s1. The van der Waals surface area contributed by atoms with Crippen LogP contribution >= 0.6 is 11.6 Å². The molecule has 0 fully saturated rings. The molecule has 0 radical (unpaired) electrons. The number of aliphatic hydroxyl groups is 1. The average molecular weight is 393 g/mol. The number of halogens is 1. The van der Waals surface area contributed by atoms with Crippen LogP contribution in [0.1, 0.15) is 53.4 Å². The fourth-order valence-electron chi connectivity index (χ4n) is 2.53. The first-order valence-corrected chi connectivity index (χ1v) is 9.97. The Labute approximate surface area is 162 Å². The summed E-state index contributed by atoms with van der Waals surface area (Å²) >= 11 is 5.76. The van der Waals surface area contributed by atoms with Crippen LogP contribution < -0.4 is 22.1 Å². The molecule has 0 bridgehead atoms. The number of nitrogens with two attached hydrogens (primary N) is 2. The Hall–Kier alpha value is -0.890. The van der Waals surface area contributed by atoms with E-state index in [9.17, 15) is 14.7 Å². The zero-order chi connectivity index (χ0) is 20.3. The number of amides is 2. The Balaban J connectivity index is 5.03. The van der Waals surface area contributed by atoms with Crippen LogP contribution in [-0.2, 0) is 9.59 Å². The minimum absolute atomic E-state index is 0.0208. The summed E-state index contributed by atoms with van der Waals surface area (Å²) < 4.78 is 0. The number of hydrogen-bond acceptors (Lipinski definition) is 5. The normalized spacial score (nSPS) is 16.2. The summed E-state index contributed by atoms with van der Waals surface area (Å²) in [6.45, 7) is 8.21. The van der Waals surface area contributed by atoms with Gasteiger partial charge in [0, 0.05) is 0 Å². The number of rotatable bonds is 13. The molecule has 0 unspecified atom stereocenters. The molecule has 2 amide bonds. The van der Waals surface area contributed by atoms with E-state index in [2.05, 4.69) is 10.6 Å². The van der Waals surface area contributed by atoms with Crippen molar-refractivity contribution in [3.8, 4) is 0 Å². The molecule has 7 N–H and O–H groups in total. The van der Waals surface area contributed by atoms with Crippen molar-refractivity contribution in [2.45, 2.75) is 77.6 Å². The van der Waals surface area contributed by atoms with Gasteiger partial charge in [-0.1, -0.05) is 34.1 Å². The Morgan fingerprint density at radius 2 is 1.69 bits per heavy atom. The van der Waals surface area contributed by atoms with Crippen molar-refractivity contribution in [3.05, 3.63) is 0 Å². The first-order chi connectivity index (χ1) is 12.1. The highest BCUT2D eigenvalue weighted by molar-refractivity contribution is 6.18. The molecule has 4 atom stereocenters. The predicted octanol–water partition coefficient (Wildman–Crippen LogP) is 0.714. The van der Waals surface area contributed by atoms with Crippen LogP contribution in [0.15, 0.2) is 0 Å². The highest BCUT2D eigenvalue weighted by Crippen LogP contribution is 2.11. The number of alkyl halides is 1. The third kappa shape index (κ3) is 9.71. The van der Waals surface area contributed by atoms with E-state index in [-0.39, 0.29) is 29.5 Å². The zero-order valence-electron chi connectivity index (χ0n) is 16.5. The van der Waals surface area contributed by atoms with Gasteiger partial charge < -0.3 is 27.2 Å². The lowest BCUT2D eigenvalue weighted by Gasteiger charge is -2.28. The molecule has 0 aromatic carbocycles. The number of aliphatic hydroxyl groups excluding tert-OH is 1. The average Bonchev–Trinajstić information content (AvgIpc) is 2.58. The van der Waals surface area contributed by atoms with Crippen molar-refractivity contribution >= 4 is 23.4 Å².